The molecule has 0 aliphatic carbocycles. The highest BCUT2D eigenvalue weighted by Crippen LogP contribution is 2.24. The third-order valence-electron chi connectivity index (χ3n) is 4.89. The molecule has 3 aromatic rings. The van der Waals surface area contributed by atoms with E-state index in [9.17, 15) is 14.4 Å². The number of rotatable bonds is 8. The summed E-state index contributed by atoms with van der Waals surface area (Å²) in [6, 6.07) is 18.3. The summed E-state index contributed by atoms with van der Waals surface area (Å²) >= 11 is 0. The smallest absolute Gasteiger partial charge is 0.377 e. The van der Waals surface area contributed by atoms with E-state index >= 15 is 0 Å². The summed E-state index contributed by atoms with van der Waals surface area (Å²) in [5, 5.41) is 16.0. The first-order valence-electron chi connectivity index (χ1n) is 11.0. The fraction of sp³-hybridized carbons (Fsp3) is 0.269. The monoisotopic (exact) mass is 480 g/mol. The largest absolute Gasteiger partial charge is 0.460 e. The Morgan fingerprint density at radius 1 is 0.971 bits per heavy atom. The maximum absolute atomic E-state index is 11.7. The topological polar surface area (TPSA) is 128 Å². The van der Waals surface area contributed by atoms with Crippen molar-refractivity contribution >= 4 is 23.4 Å². The molecule has 35 heavy (non-hydrogen) atoms. The molecule has 0 spiro atoms. The summed E-state index contributed by atoms with van der Waals surface area (Å²) in [5.41, 5.74) is 3.03. The molecule has 0 aliphatic heterocycles. The number of hydrogen-bond acceptors (Lipinski definition) is 9. The quantitative estimate of drug-likeness (QED) is 0.165. The Labute approximate surface area is 203 Å². The highest BCUT2D eigenvalue weighted by molar-refractivity contribution is 6.39. The van der Waals surface area contributed by atoms with Gasteiger partial charge in [0.05, 0.1) is 24.8 Å². The molecular formula is C26H28N2O7. The Kier molecular flexibility index (Phi) is 10.4. The van der Waals surface area contributed by atoms with E-state index in [0.717, 1.165) is 5.56 Å². The molecule has 0 saturated carbocycles. The summed E-state index contributed by atoms with van der Waals surface area (Å²) < 4.78 is 14.6. The second-order valence-electron chi connectivity index (χ2n) is 7.23. The van der Waals surface area contributed by atoms with Crippen LogP contribution in [0.15, 0.2) is 70.3 Å². The molecule has 1 N–H and O–H groups in total. The Morgan fingerprint density at radius 3 is 2.09 bits per heavy atom. The number of nitrogens with zero attached hydrogens (tertiary/aromatic N) is 2. The molecule has 0 radical (unpaired) electrons. The lowest BCUT2D eigenvalue weighted by Crippen LogP contribution is -2.30. The summed E-state index contributed by atoms with van der Waals surface area (Å²) in [5.74, 6) is -2.79. The third-order valence-corrected chi connectivity index (χ3v) is 4.89. The second-order valence-corrected chi connectivity index (χ2v) is 7.23. The molecule has 1 atom stereocenters. The van der Waals surface area contributed by atoms with Gasteiger partial charge in [0, 0.05) is 16.7 Å². The van der Waals surface area contributed by atoms with Crippen molar-refractivity contribution in [1.29, 1.82) is 0 Å². The number of benzene rings is 2. The predicted octanol–water partition coefficient (Wildman–Crippen LogP) is 4.46. The van der Waals surface area contributed by atoms with Gasteiger partial charge in [-0.3, -0.25) is 4.79 Å². The number of oxime groups is 1. The molecule has 0 saturated heterocycles. The highest BCUT2D eigenvalue weighted by Gasteiger charge is 2.28. The number of carbonyl (C=O) groups excluding carboxylic acids is 3. The van der Waals surface area contributed by atoms with Gasteiger partial charge in [0.25, 0.3) is 0 Å². The minimum Gasteiger partial charge on any atom is -0.460 e. The lowest BCUT2D eigenvalue weighted by molar-refractivity contribution is -0.154. The first-order valence-corrected chi connectivity index (χ1v) is 11.0. The van der Waals surface area contributed by atoms with Crippen LogP contribution in [0.1, 0.15) is 42.5 Å². The van der Waals surface area contributed by atoms with Crippen molar-refractivity contribution < 1.29 is 33.6 Å². The maximum Gasteiger partial charge on any atom is 0.377 e. The van der Waals surface area contributed by atoms with E-state index in [2.05, 4.69) is 15.0 Å². The summed E-state index contributed by atoms with van der Waals surface area (Å²) in [4.78, 5) is 34.6. The standard InChI is InChI=1S/C13H15NO4.C13H13NO3/c1-3-18-13(16)12(15)9(2)11(14-17)10-7-5-4-6-8-10;1-3-16-13(15)12-9(2)11(14-17-12)10-7-5-4-6-8-10/h4-9,17H,3H2,1-2H3;4-8H,3H2,1-2H3. The van der Waals surface area contributed by atoms with Gasteiger partial charge < -0.3 is 19.2 Å². The molecule has 0 fully saturated rings. The van der Waals surface area contributed by atoms with E-state index in [0.29, 0.717) is 23.4 Å². The van der Waals surface area contributed by atoms with Crippen molar-refractivity contribution in [2.75, 3.05) is 13.2 Å². The van der Waals surface area contributed by atoms with E-state index in [1.807, 2.05) is 30.3 Å². The zero-order valence-corrected chi connectivity index (χ0v) is 20.1. The van der Waals surface area contributed by atoms with Crippen LogP contribution in [0, 0.1) is 12.8 Å². The number of ether oxygens (including phenoxy) is 2. The van der Waals surface area contributed by atoms with E-state index in [1.165, 1.54) is 6.92 Å². The third kappa shape index (κ3) is 7.10. The number of esters is 2. The van der Waals surface area contributed by atoms with Gasteiger partial charge in [-0.15, -0.1) is 0 Å². The summed E-state index contributed by atoms with van der Waals surface area (Å²) in [6.07, 6.45) is 0. The van der Waals surface area contributed by atoms with E-state index in [-0.39, 0.29) is 18.1 Å². The van der Waals surface area contributed by atoms with Gasteiger partial charge in [-0.1, -0.05) is 71.0 Å². The van der Waals surface area contributed by atoms with E-state index in [4.69, 9.17) is 14.5 Å². The fourth-order valence-corrected chi connectivity index (χ4v) is 3.09. The average Bonchev–Trinajstić information content (AvgIpc) is 3.27. The van der Waals surface area contributed by atoms with Crippen LogP contribution < -0.4 is 0 Å². The summed E-state index contributed by atoms with van der Waals surface area (Å²) in [6.45, 7) is 7.12. The van der Waals surface area contributed by atoms with Crippen LogP contribution in [-0.2, 0) is 19.1 Å². The van der Waals surface area contributed by atoms with Crippen LogP contribution in [0.25, 0.3) is 11.3 Å². The molecule has 9 nitrogen and oxygen atoms in total. The Hall–Kier alpha value is -4.27. The average molecular weight is 481 g/mol. The number of carbonyl (C=O) groups is 3. The first kappa shape index (κ1) is 27.0. The Balaban J connectivity index is 0.000000247. The number of aromatic nitrogens is 1. The van der Waals surface area contributed by atoms with Crippen molar-refractivity contribution in [1.82, 2.24) is 5.16 Å². The minimum atomic E-state index is -0.915. The zero-order valence-electron chi connectivity index (χ0n) is 20.1. The first-order chi connectivity index (χ1) is 16.8. The van der Waals surface area contributed by atoms with Gasteiger partial charge >= 0.3 is 11.9 Å². The van der Waals surface area contributed by atoms with Crippen LogP contribution >= 0.6 is 0 Å². The van der Waals surface area contributed by atoms with Crippen LogP contribution in [0.4, 0.5) is 0 Å². The van der Waals surface area contributed by atoms with Gasteiger partial charge in [-0.25, -0.2) is 9.59 Å². The maximum atomic E-state index is 11.7. The molecule has 9 heteroatoms. The highest BCUT2D eigenvalue weighted by atomic mass is 16.6. The van der Waals surface area contributed by atoms with Crippen molar-refractivity contribution in [2.24, 2.45) is 11.1 Å². The van der Waals surface area contributed by atoms with Crippen LogP contribution in [0.3, 0.4) is 0 Å². The number of ketones is 1. The van der Waals surface area contributed by atoms with Crippen LogP contribution in [0.2, 0.25) is 0 Å². The summed E-state index contributed by atoms with van der Waals surface area (Å²) in [7, 11) is 0. The molecule has 2 aromatic carbocycles. The van der Waals surface area contributed by atoms with E-state index < -0.39 is 23.6 Å². The van der Waals surface area contributed by atoms with Gasteiger partial charge in [-0.2, -0.15) is 0 Å². The molecule has 184 valence electrons. The van der Waals surface area contributed by atoms with Crippen molar-refractivity contribution in [3.63, 3.8) is 0 Å². The molecule has 3 rings (SSSR count). The SMILES string of the molecule is CCOC(=O)C(=O)C(C)C(=NO)c1ccccc1.CCOC(=O)c1onc(-c2ccccc2)c1C. The Bertz CT molecular complexity index is 1150. The van der Waals surface area contributed by atoms with Gasteiger partial charge in [0.1, 0.15) is 5.69 Å². The molecule has 0 aliphatic rings. The van der Waals surface area contributed by atoms with Gasteiger partial charge in [0.2, 0.25) is 11.5 Å². The molecule has 0 bridgehead atoms. The normalized spacial score (nSPS) is 11.6. The molecule has 0 amide bonds. The van der Waals surface area contributed by atoms with Crippen LogP contribution in [-0.4, -0.2) is 47.0 Å². The zero-order chi connectivity index (χ0) is 25.8. The lowest BCUT2D eigenvalue weighted by Gasteiger charge is -2.11. The van der Waals surface area contributed by atoms with Gasteiger partial charge in [0.15, 0.2) is 0 Å². The van der Waals surface area contributed by atoms with Crippen molar-refractivity contribution in [2.45, 2.75) is 27.7 Å². The predicted molar refractivity (Wildman–Crippen MR) is 128 cm³/mol. The van der Waals surface area contributed by atoms with Crippen molar-refractivity contribution in [3.05, 3.63) is 77.6 Å². The molecule has 1 aromatic heterocycles. The second kappa shape index (κ2) is 13.4. The number of Topliss-reactive ketones (excluding diaryl/α,β-unsaturated/α-hetero) is 1. The molecule has 1 unspecified atom stereocenters. The molecular weight excluding hydrogens is 452 g/mol. The Morgan fingerprint density at radius 2 is 1.54 bits per heavy atom. The van der Waals surface area contributed by atoms with Crippen molar-refractivity contribution in [3.8, 4) is 11.3 Å². The molecule has 1 heterocycles. The fourth-order valence-electron chi connectivity index (χ4n) is 3.09. The van der Waals surface area contributed by atoms with Crippen LogP contribution in [0.5, 0.6) is 0 Å². The lowest BCUT2D eigenvalue weighted by atomic mass is 9.94. The van der Waals surface area contributed by atoms with E-state index in [1.54, 1.807) is 51.1 Å². The van der Waals surface area contributed by atoms with Gasteiger partial charge in [-0.05, 0) is 27.7 Å². The minimum absolute atomic E-state index is 0.133. The number of hydrogen-bond donors (Lipinski definition) is 1.